The first kappa shape index (κ1) is 14.2. The smallest absolute Gasteiger partial charge is 0.0481 e. The van der Waals surface area contributed by atoms with Gasteiger partial charge in [-0.25, -0.2) is 0 Å². The van der Waals surface area contributed by atoms with E-state index in [1.165, 1.54) is 11.1 Å². The Balaban J connectivity index is 0.000000921. The first-order valence-electron chi connectivity index (χ1n) is 5.73. The summed E-state index contributed by atoms with van der Waals surface area (Å²) in [6.45, 7) is 8.30. The van der Waals surface area contributed by atoms with Crippen molar-refractivity contribution < 1.29 is 0 Å². The van der Waals surface area contributed by atoms with E-state index in [0.29, 0.717) is 0 Å². The summed E-state index contributed by atoms with van der Waals surface area (Å²) in [5.41, 5.74) is 2.52. The van der Waals surface area contributed by atoms with Gasteiger partial charge in [0.2, 0.25) is 0 Å². The van der Waals surface area contributed by atoms with Crippen LogP contribution in [0.4, 0.5) is 0 Å². The van der Waals surface area contributed by atoms with Crippen molar-refractivity contribution in [1.82, 2.24) is 0 Å². The van der Waals surface area contributed by atoms with Gasteiger partial charge in [-0.3, -0.25) is 0 Å². The third kappa shape index (κ3) is 4.53. The van der Waals surface area contributed by atoms with Crippen LogP contribution in [-0.2, 0) is 0 Å². The van der Waals surface area contributed by atoms with Gasteiger partial charge in [-0.1, -0.05) is 63.6 Å². The normalized spacial score (nSPS) is 10.6. The summed E-state index contributed by atoms with van der Waals surface area (Å²) >= 11 is 6.09. The molecule has 0 unspecified atom stereocenters. The Hall–Kier alpha value is -0.750. The lowest BCUT2D eigenvalue weighted by Gasteiger charge is -2.06. The van der Waals surface area contributed by atoms with Gasteiger partial charge < -0.3 is 0 Å². The molecule has 84 valence electrons. The molecule has 0 aliphatic heterocycles. The fraction of sp³-hybridized carbons (Fsp3) is 0.429. The summed E-state index contributed by atoms with van der Waals surface area (Å²) in [5.74, 6) is 0. The molecule has 15 heavy (non-hydrogen) atoms. The van der Waals surface area contributed by atoms with E-state index in [1.54, 1.807) is 0 Å². The van der Waals surface area contributed by atoms with Gasteiger partial charge in [-0.15, -0.1) is 0 Å². The average molecular weight is 225 g/mol. The fourth-order valence-corrected chi connectivity index (χ4v) is 1.67. The first-order valence-corrected chi connectivity index (χ1v) is 6.11. The highest BCUT2D eigenvalue weighted by molar-refractivity contribution is 6.32. The third-order valence-corrected chi connectivity index (χ3v) is 2.38. The molecule has 1 aromatic carbocycles. The highest BCUT2D eigenvalue weighted by atomic mass is 35.5. The molecule has 0 atom stereocenters. The molecular formula is C14H21Cl. The van der Waals surface area contributed by atoms with Gasteiger partial charge >= 0.3 is 0 Å². The molecule has 0 N–H and O–H groups in total. The lowest BCUT2D eigenvalue weighted by atomic mass is 10.0. The number of benzene rings is 1. The molecule has 0 aliphatic rings. The van der Waals surface area contributed by atoms with Crippen LogP contribution in [0.15, 0.2) is 30.3 Å². The molecule has 0 bridgehead atoms. The van der Waals surface area contributed by atoms with E-state index >= 15 is 0 Å². The minimum absolute atomic E-state index is 0.851. The zero-order chi connectivity index (χ0) is 11.7. The molecule has 1 aromatic rings. The van der Waals surface area contributed by atoms with E-state index < -0.39 is 0 Å². The Morgan fingerprint density at radius 1 is 1.20 bits per heavy atom. The Kier molecular flexibility index (Phi) is 8.12. The molecule has 1 heteroatoms. The van der Waals surface area contributed by atoms with Crippen LogP contribution in [0, 0.1) is 0 Å². The largest absolute Gasteiger partial charge is 0.0837 e. The minimum Gasteiger partial charge on any atom is -0.0837 e. The van der Waals surface area contributed by atoms with Crippen molar-refractivity contribution in [3.05, 3.63) is 40.9 Å². The second kappa shape index (κ2) is 8.55. The van der Waals surface area contributed by atoms with Gasteiger partial charge in [0.05, 0.1) is 0 Å². The van der Waals surface area contributed by atoms with E-state index in [9.17, 15) is 0 Å². The van der Waals surface area contributed by atoms with Crippen molar-refractivity contribution in [2.45, 2.75) is 40.5 Å². The lowest BCUT2D eigenvalue weighted by molar-refractivity contribution is 1.17. The van der Waals surface area contributed by atoms with E-state index in [4.69, 9.17) is 11.6 Å². The van der Waals surface area contributed by atoms with E-state index in [0.717, 1.165) is 17.9 Å². The van der Waals surface area contributed by atoms with E-state index in [-0.39, 0.29) is 0 Å². The number of hydrogen-bond acceptors (Lipinski definition) is 0. The standard InChI is InChI=1S/C12H15Cl.C2H6/c1-3-7-10(4-2)11-8-5-6-9-12(11)13;1-2/h5-9H,3-4H2,1-2H3;1-2H3/b10-7+;. The maximum atomic E-state index is 6.09. The Morgan fingerprint density at radius 3 is 2.27 bits per heavy atom. The minimum atomic E-state index is 0.851. The van der Waals surface area contributed by atoms with Crippen LogP contribution < -0.4 is 0 Å². The van der Waals surface area contributed by atoms with Crippen LogP contribution in [0.2, 0.25) is 5.02 Å². The Bertz CT molecular complexity index is 300. The summed E-state index contributed by atoms with van der Waals surface area (Å²) in [6.07, 6.45) is 4.34. The lowest BCUT2D eigenvalue weighted by Crippen LogP contribution is -1.83. The molecule has 0 heterocycles. The topological polar surface area (TPSA) is 0 Å². The van der Waals surface area contributed by atoms with Crippen molar-refractivity contribution in [2.75, 3.05) is 0 Å². The van der Waals surface area contributed by atoms with Crippen molar-refractivity contribution in [1.29, 1.82) is 0 Å². The quantitative estimate of drug-likeness (QED) is 0.630. The average Bonchev–Trinajstić information content (AvgIpc) is 2.30. The molecule has 0 spiro atoms. The van der Waals surface area contributed by atoms with Crippen LogP contribution in [-0.4, -0.2) is 0 Å². The first-order chi connectivity index (χ1) is 7.29. The number of hydrogen-bond donors (Lipinski definition) is 0. The highest BCUT2D eigenvalue weighted by Crippen LogP contribution is 2.25. The predicted octanol–water partition coefficient (Wildman–Crippen LogP) is 5.57. The number of rotatable bonds is 3. The fourth-order valence-electron chi connectivity index (χ4n) is 1.41. The van der Waals surface area contributed by atoms with Crippen molar-refractivity contribution in [2.24, 2.45) is 0 Å². The molecule has 0 nitrogen and oxygen atoms in total. The van der Waals surface area contributed by atoms with Crippen LogP contribution in [0.1, 0.15) is 46.1 Å². The van der Waals surface area contributed by atoms with E-state index in [1.807, 2.05) is 32.0 Å². The summed E-state index contributed by atoms with van der Waals surface area (Å²) in [6, 6.07) is 8.01. The molecule has 1 rings (SSSR count). The number of halogens is 1. The van der Waals surface area contributed by atoms with E-state index in [2.05, 4.69) is 26.0 Å². The monoisotopic (exact) mass is 224 g/mol. The number of allylic oxidation sites excluding steroid dienone is 2. The van der Waals surface area contributed by atoms with Crippen LogP contribution in [0.25, 0.3) is 5.57 Å². The van der Waals surface area contributed by atoms with Crippen LogP contribution in [0.5, 0.6) is 0 Å². The maximum Gasteiger partial charge on any atom is 0.0481 e. The molecular weight excluding hydrogens is 204 g/mol. The second-order valence-corrected chi connectivity index (χ2v) is 3.38. The molecule has 0 saturated carbocycles. The van der Waals surface area contributed by atoms with Gasteiger partial charge in [-0.2, -0.15) is 0 Å². The summed E-state index contributed by atoms with van der Waals surface area (Å²) < 4.78 is 0. The molecule has 0 saturated heterocycles. The molecule has 0 amide bonds. The molecule has 0 radical (unpaired) electrons. The van der Waals surface area contributed by atoms with Crippen LogP contribution in [0.3, 0.4) is 0 Å². The Morgan fingerprint density at radius 2 is 1.80 bits per heavy atom. The second-order valence-electron chi connectivity index (χ2n) is 2.97. The van der Waals surface area contributed by atoms with Gasteiger partial charge in [0.1, 0.15) is 0 Å². The third-order valence-electron chi connectivity index (χ3n) is 2.05. The zero-order valence-electron chi connectivity index (χ0n) is 10.2. The Labute approximate surface area is 99.0 Å². The predicted molar refractivity (Wildman–Crippen MR) is 71.4 cm³/mol. The maximum absolute atomic E-state index is 6.09. The summed E-state index contributed by atoms with van der Waals surface area (Å²) in [7, 11) is 0. The van der Waals surface area contributed by atoms with Crippen molar-refractivity contribution >= 4 is 17.2 Å². The van der Waals surface area contributed by atoms with Gasteiger partial charge in [0.15, 0.2) is 0 Å². The molecule has 0 fully saturated rings. The molecule has 0 aromatic heterocycles. The summed E-state index contributed by atoms with van der Waals surface area (Å²) in [5, 5.41) is 0.851. The highest BCUT2D eigenvalue weighted by Gasteiger charge is 2.02. The van der Waals surface area contributed by atoms with Crippen molar-refractivity contribution in [3.8, 4) is 0 Å². The van der Waals surface area contributed by atoms with Gasteiger partial charge in [0.25, 0.3) is 0 Å². The SMILES string of the molecule is CC.CC/C=C(\CC)c1ccccc1Cl. The van der Waals surface area contributed by atoms with Gasteiger partial charge in [0, 0.05) is 5.02 Å². The zero-order valence-corrected chi connectivity index (χ0v) is 10.9. The summed E-state index contributed by atoms with van der Waals surface area (Å²) in [4.78, 5) is 0. The van der Waals surface area contributed by atoms with Crippen LogP contribution >= 0.6 is 11.6 Å². The van der Waals surface area contributed by atoms with Gasteiger partial charge in [-0.05, 0) is 30.0 Å². The molecule has 0 aliphatic carbocycles. The van der Waals surface area contributed by atoms with Crippen molar-refractivity contribution in [3.63, 3.8) is 0 Å².